The zero-order valence-electron chi connectivity index (χ0n) is 7.56. The Hall–Kier alpha value is -0.610. The highest BCUT2D eigenvalue weighted by Gasteiger charge is 2.39. The summed E-state index contributed by atoms with van der Waals surface area (Å²) in [6.07, 6.45) is 1.66. The number of aryl methyl sites for hydroxylation is 1. The smallest absolute Gasteiger partial charge is 0.185 e. The number of ether oxygens (including phenoxy) is 1. The van der Waals surface area contributed by atoms with Gasteiger partial charge in [-0.2, -0.15) is 0 Å². The van der Waals surface area contributed by atoms with Crippen LogP contribution in [0.2, 0.25) is 0 Å². The molecule has 3 rings (SSSR count). The van der Waals surface area contributed by atoms with E-state index < -0.39 is 0 Å². The maximum atomic E-state index is 5.55. The molecule has 2 saturated heterocycles. The summed E-state index contributed by atoms with van der Waals surface area (Å²) in [5.74, 6) is 0. The Kier molecular flexibility index (Phi) is 1.60. The van der Waals surface area contributed by atoms with Crippen LogP contribution in [0.4, 0.5) is 5.13 Å². The third-order valence-corrected chi connectivity index (χ3v) is 3.75. The summed E-state index contributed by atoms with van der Waals surface area (Å²) >= 11 is 1.75. The summed E-state index contributed by atoms with van der Waals surface area (Å²) in [7, 11) is 0. The van der Waals surface area contributed by atoms with E-state index in [0.29, 0.717) is 12.1 Å². The third-order valence-electron chi connectivity index (χ3n) is 2.75. The average Bonchev–Trinajstić information content (AvgIpc) is 2.77. The molecule has 70 valence electrons. The third kappa shape index (κ3) is 1.16. The van der Waals surface area contributed by atoms with Crippen molar-refractivity contribution in [1.82, 2.24) is 4.98 Å². The highest BCUT2D eigenvalue weighted by Crippen LogP contribution is 2.33. The summed E-state index contributed by atoms with van der Waals surface area (Å²) in [5, 5.41) is 3.29. The van der Waals surface area contributed by atoms with Crippen LogP contribution in [0.5, 0.6) is 0 Å². The zero-order chi connectivity index (χ0) is 8.84. The van der Waals surface area contributed by atoms with Crippen LogP contribution in [-0.2, 0) is 4.74 Å². The fraction of sp³-hybridized carbons (Fsp3) is 0.667. The normalized spacial score (nSPS) is 31.6. The van der Waals surface area contributed by atoms with E-state index in [-0.39, 0.29) is 0 Å². The predicted molar refractivity (Wildman–Crippen MR) is 52.3 cm³/mol. The standard InChI is InChI=1S/C9H12N2OS/c1-6-5-13-9(10-6)11-3-8-2-7(11)4-12-8/h5,7-8H,2-4H2,1H3/t7-,8-/m0/s1. The van der Waals surface area contributed by atoms with Crippen LogP contribution >= 0.6 is 11.3 Å². The lowest BCUT2D eigenvalue weighted by Gasteiger charge is -2.25. The molecule has 2 aliphatic rings. The number of hydrogen-bond acceptors (Lipinski definition) is 4. The molecule has 0 spiro atoms. The van der Waals surface area contributed by atoms with E-state index in [0.717, 1.165) is 18.8 Å². The van der Waals surface area contributed by atoms with Gasteiger partial charge in [-0.3, -0.25) is 0 Å². The Labute approximate surface area is 81.3 Å². The van der Waals surface area contributed by atoms with Crippen LogP contribution in [0.3, 0.4) is 0 Å². The minimum atomic E-state index is 0.467. The van der Waals surface area contributed by atoms with E-state index in [9.17, 15) is 0 Å². The largest absolute Gasteiger partial charge is 0.374 e. The van der Waals surface area contributed by atoms with Gasteiger partial charge in [0.2, 0.25) is 0 Å². The molecular formula is C9H12N2OS. The van der Waals surface area contributed by atoms with Crippen LogP contribution in [0, 0.1) is 6.92 Å². The van der Waals surface area contributed by atoms with Crippen LogP contribution in [0.15, 0.2) is 5.38 Å². The van der Waals surface area contributed by atoms with Gasteiger partial charge in [-0.15, -0.1) is 11.3 Å². The van der Waals surface area contributed by atoms with Crippen molar-refractivity contribution in [2.45, 2.75) is 25.5 Å². The molecule has 0 amide bonds. The van der Waals surface area contributed by atoms with Gasteiger partial charge >= 0.3 is 0 Å². The van der Waals surface area contributed by atoms with Crippen LogP contribution in [-0.4, -0.2) is 30.3 Å². The number of thiazole rings is 1. The van der Waals surface area contributed by atoms with Gasteiger partial charge in [0.25, 0.3) is 0 Å². The van der Waals surface area contributed by atoms with Crippen molar-refractivity contribution in [1.29, 1.82) is 0 Å². The van der Waals surface area contributed by atoms with Crippen molar-refractivity contribution in [3.63, 3.8) is 0 Å². The monoisotopic (exact) mass is 196 g/mol. The first-order valence-corrected chi connectivity index (χ1v) is 5.51. The highest BCUT2D eigenvalue weighted by molar-refractivity contribution is 7.13. The van der Waals surface area contributed by atoms with E-state index in [1.807, 2.05) is 6.92 Å². The molecule has 4 heteroatoms. The summed E-state index contributed by atoms with van der Waals surface area (Å²) in [5.41, 5.74) is 1.13. The van der Waals surface area contributed by atoms with Gasteiger partial charge in [-0.1, -0.05) is 0 Å². The molecule has 2 bridgehead atoms. The number of rotatable bonds is 1. The zero-order valence-corrected chi connectivity index (χ0v) is 8.38. The second-order valence-electron chi connectivity index (χ2n) is 3.77. The van der Waals surface area contributed by atoms with Gasteiger partial charge in [0.05, 0.1) is 24.4 Å². The van der Waals surface area contributed by atoms with Crippen LogP contribution < -0.4 is 4.90 Å². The van der Waals surface area contributed by atoms with Crippen molar-refractivity contribution in [2.75, 3.05) is 18.1 Å². The fourth-order valence-corrected chi connectivity index (χ4v) is 2.99. The predicted octanol–water partition coefficient (Wildman–Crippen LogP) is 1.43. The number of aromatic nitrogens is 1. The Morgan fingerprint density at radius 2 is 2.62 bits per heavy atom. The number of hydrogen-bond donors (Lipinski definition) is 0. The Morgan fingerprint density at radius 1 is 1.69 bits per heavy atom. The number of nitrogens with zero attached hydrogens (tertiary/aromatic N) is 2. The summed E-state index contributed by atoms with van der Waals surface area (Å²) in [4.78, 5) is 6.90. The van der Waals surface area contributed by atoms with Gasteiger partial charge in [0, 0.05) is 11.9 Å². The first-order valence-electron chi connectivity index (χ1n) is 4.63. The van der Waals surface area contributed by atoms with Gasteiger partial charge in [0.1, 0.15) is 0 Å². The number of fused-ring (bicyclic) bond motifs is 2. The molecule has 2 aliphatic heterocycles. The molecule has 0 aliphatic carbocycles. The van der Waals surface area contributed by atoms with E-state index in [2.05, 4.69) is 15.3 Å². The maximum absolute atomic E-state index is 5.55. The molecule has 0 radical (unpaired) electrons. The Bertz CT molecular complexity index is 325. The second-order valence-corrected chi connectivity index (χ2v) is 4.61. The van der Waals surface area contributed by atoms with Crippen molar-refractivity contribution in [3.05, 3.63) is 11.1 Å². The Morgan fingerprint density at radius 3 is 3.15 bits per heavy atom. The van der Waals surface area contributed by atoms with Gasteiger partial charge in [-0.05, 0) is 13.3 Å². The number of anilines is 1. The van der Waals surface area contributed by atoms with Gasteiger partial charge in [-0.25, -0.2) is 4.98 Å². The summed E-state index contributed by atoms with van der Waals surface area (Å²) < 4.78 is 5.55. The van der Waals surface area contributed by atoms with Crippen molar-refractivity contribution in [2.24, 2.45) is 0 Å². The van der Waals surface area contributed by atoms with Crippen LogP contribution in [0.1, 0.15) is 12.1 Å². The molecule has 2 fully saturated rings. The molecule has 0 saturated carbocycles. The molecular weight excluding hydrogens is 184 g/mol. The van der Waals surface area contributed by atoms with Gasteiger partial charge < -0.3 is 9.64 Å². The first kappa shape index (κ1) is 7.76. The topological polar surface area (TPSA) is 25.4 Å². The van der Waals surface area contributed by atoms with E-state index in [1.165, 1.54) is 11.6 Å². The lowest BCUT2D eigenvalue weighted by molar-refractivity contribution is 0.0991. The maximum Gasteiger partial charge on any atom is 0.185 e. The fourth-order valence-electron chi connectivity index (χ4n) is 2.11. The van der Waals surface area contributed by atoms with E-state index >= 15 is 0 Å². The summed E-state index contributed by atoms with van der Waals surface area (Å²) in [6, 6.07) is 0.593. The van der Waals surface area contributed by atoms with Crippen molar-refractivity contribution < 1.29 is 4.74 Å². The minimum absolute atomic E-state index is 0.467. The molecule has 13 heavy (non-hydrogen) atoms. The highest BCUT2D eigenvalue weighted by atomic mass is 32.1. The lowest BCUT2D eigenvalue weighted by Crippen LogP contribution is -2.36. The van der Waals surface area contributed by atoms with Crippen molar-refractivity contribution >= 4 is 16.5 Å². The molecule has 0 N–H and O–H groups in total. The molecule has 2 atom stereocenters. The number of morpholine rings is 1. The molecule has 1 aromatic heterocycles. The molecule has 3 heterocycles. The Balaban J connectivity index is 1.87. The SMILES string of the molecule is Cc1csc(N2C[C@@H]3C[C@H]2CO3)n1. The van der Waals surface area contributed by atoms with Gasteiger partial charge in [0.15, 0.2) is 5.13 Å². The molecule has 0 aromatic carbocycles. The second kappa shape index (κ2) is 2.69. The molecule has 1 aromatic rings. The van der Waals surface area contributed by atoms with E-state index in [1.54, 1.807) is 11.3 Å². The molecule has 3 nitrogen and oxygen atoms in total. The van der Waals surface area contributed by atoms with Crippen molar-refractivity contribution in [3.8, 4) is 0 Å². The van der Waals surface area contributed by atoms with Crippen LogP contribution in [0.25, 0.3) is 0 Å². The molecule has 0 unspecified atom stereocenters. The minimum Gasteiger partial charge on any atom is -0.374 e. The summed E-state index contributed by atoms with van der Waals surface area (Å²) in [6.45, 7) is 3.98. The first-order chi connectivity index (χ1) is 6.33. The quantitative estimate of drug-likeness (QED) is 0.679. The average molecular weight is 196 g/mol. The van der Waals surface area contributed by atoms with E-state index in [4.69, 9.17) is 4.74 Å². The lowest BCUT2D eigenvalue weighted by atomic mass is 10.2.